The summed E-state index contributed by atoms with van der Waals surface area (Å²) in [5.41, 5.74) is 2.64. The Morgan fingerprint density at radius 3 is 2.30 bits per heavy atom. The van der Waals surface area contributed by atoms with E-state index in [4.69, 9.17) is 4.74 Å². The monoisotopic (exact) mass is 408 g/mol. The summed E-state index contributed by atoms with van der Waals surface area (Å²) in [6.45, 7) is 6.75. The average molecular weight is 409 g/mol. The molecule has 7 nitrogen and oxygen atoms in total. The van der Waals surface area contributed by atoms with Crippen molar-refractivity contribution >= 4 is 23.4 Å². The van der Waals surface area contributed by atoms with Gasteiger partial charge in [-0.1, -0.05) is 18.2 Å². The number of amides is 2. The fourth-order valence-electron chi connectivity index (χ4n) is 3.90. The zero-order valence-electron chi connectivity index (χ0n) is 17.1. The Hall–Kier alpha value is -3.06. The highest BCUT2D eigenvalue weighted by Crippen LogP contribution is 2.19. The number of anilines is 2. The number of nitrogens with one attached hydrogen (secondary N) is 1. The Bertz CT molecular complexity index is 849. The molecule has 0 spiro atoms. The lowest BCUT2D eigenvalue weighted by Crippen LogP contribution is -2.47. The van der Waals surface area contributed by atoms with Crippen LogP contribution in [-0.4, -0.2) is 69.3 Å². The summed E-state index contributed by atoms with van der Waals surface area (Å²) in [5, 5.41) is 2.99. The highest BCUT2D eigenvalue weighted by molar-refractivity contribution is 5.95. The third-order valence-electron chi connectivity index (χ3n) is 5.63. The first-order valence-corrected chi connectivity index (χ1v) is 10.6. The second kappa shape index (κ2) is 9.63. The maximum Gasteiger partial charge on any atom is 0.414 e. The van der Waals surface area contributed by atoms with Crippen molar-refractivity contribution in [3.63, 3.8) is 0 Å². The normalized spacial score (nSPS) is 17.1. The van der Waals surface area contributed by atoms with E-state index in [-0.39, 0.29) is 12.0 Å². The van der Waals surface area contributed by atoms with E-state index in [1.165, 1.54) is 5.69 Å². The van der Waals surface area contributed by atoms with Crippen molar-refractivity contribution in [1.29, 1.82) is 0 Å². The van der Waals surface area contributed by atoms with E-state index < -0.39 is 0 Å². The van der Waals surface area contributed by atoms with Crippen LogP contribution in [0.3, 0.4) is 0 Å². The van der Waals surface area contributed by atoms with E-state index in [0.29, 0.717) is 25.3 Å². The molecule has 0 atom stereocenters. The highest BCUT2D eigenvalue weighted by atomic mass is 16.6. The number of piperazine rings is 1. The number of ether oxygens (including phenoxy) is 1. The van der Waals surface area contributed by atoms with Gasteiger partial charge in [-0.3, -0.25) is 14.6 Å². The molecule has 30 heavy (non-hydrogen) atoms. The van der Waals surface area contributed by atoms with Crippen molar-refractivity contribution in [3.05, 3.63) is 60.2 Å². The predicted octanol–water partition coefficient (Wildman–Crippen LogP) is 2.59. The molecule has 2 amide bonds. The Morgan fingerprint density at radius 1 is 0.900 bits per heavy atom. The lowest BCUT2D eigenvalue weighted by atomic mass is 10.2. The van der Waals surface area contributed by atoms with Crippen LogP contribution in [0.2, 0.25) is 0 Å². The van der Waals surface area contributed by atoms with E-state index in [0.717, 1.165) is 44.8 Å². The summed E-state index contributed by atoms with van der Waals surface area (Å²) < 4.78 is 4.94. The van der Waals surface area contributed by atoms with Gasteiger partial charge in [-0.25, -0.2) is 4.79 Å². The summed E-state index contributed by atoms with van der Waals surface area (Å²) in [5.74, 6) is -0.0838. The Kier molecular flexibility index (Phi) is 6.49. The topological polar surface area (TPSA) is 65.1 Å². The first-order chi connectivity index (χ1) is 14.7. The molecule has 2 aromatic rings. The van der Waals surface area contributed by atoms with Crippen LogP contribution in [0.15, 0.2) is 54.6 Å². The van der Waals surface area contributed by atoms with Crippen molar-refractivity contribution < 1.29 is 14.3 Å². The van der Waals surface area contributed by atoms with Gasteiger partial charge in [-0.05, 0) is 49.4 Å². The van der Waals surface area contributed by atoms with E-state index in [2.05, 4.69) is 39.4 Å². The van der Waals surface area contributed by atoms with E-state index in [1.807, 2.05) is 6.07 Å². The van der Waals surface area contributed by atoms with Gasteiger partial charge >= 0.3 is 6.09 Å². The highest BCUT2D eigenvalue weighted by Gasteiger charge is 2.23. The molecule has 4 rings (SSSR count). The molecular weight excluding hydrogens is 380 g/mol. The fraction of sp³-hybridized carbons (Fsp3) is 0.391. The average Bonchev–Trinajstić information content (AvgIpc) is 3.23. The number of rotatable bonds is 7. The first-order valence-electron chi connectivity index (χ1n) is 10.6. The molecule has 0 saturated carbocycles. The van der Waals surface area contributed by atoms with Gasteiger partial charge in [0.2, 0.25) is 0 Å². The molecule has 2 aliphatic heterocycles. The molecule has 158 valence electrons. The second-order valence-corrected chi connectivity index (χ2v) is 7.59. The van der Waals surface area contributed by atoms with Crippen LogP contribution in [0.5, 0.6) is 0 Å². The number of benzene rings is 2. The number of hydrogen-bond donors (Lipinski definition) is 1. The summed E-state index contributed by atoms with van der Waals surface area (Å²) in [4.78, 5) is 30.4. The SMILES string of the molecule is O=C(NCCCN1CCN(c2ccccc2)CC1)c1ccc(N2CCOC2=O)cc1. The van der Waals surface area contributed by atoms with Gasteiger partial charge in [0, 0.05) is 49.7 Å². The third kappa shape index (κ3) is 4.91. The molecule has 0 bridgehead atoms. The lowest BCUT2D eigenvalue weighted by Gasteiger charge is -2.36. The van der Waals surface area contributed by atoms with Crippen LogP contribution in [0, 0.1) is 0 Å². The van der Waals surface area contributed by atoms with Gasteiger partial charge in [-0.2, -0.15) is 0 Å². The summed E-state index contributed by atoms with van der Waals surface area (Å²) >= 11 is 0. The van der Waals surface area contributed by atoms with Gasteiger partial charge in [0.1, 0.15) is 6.61 Å². The van der Waals surface area contributed by atoms with Gasteiger partial charge in [0.05, 0.1) is 6.54 Å². The third-order valence-corrected chi connectivity index (χ3v) is 5.63. The van der Waals surface area contributed by atoms with Crippen molar-refractivity contribution in [2.24, 2.45) is 0 Å². The molecule has 0 unspecified atom stereocenters. The molecule has 2 fully saturated rings. The molecule has 2 saturated heterocycles. The van der Waals surface area contributed by atoms with Crippen LogP contribution in [-0.2, 0) is 4.74 Å². The molecule has 1 N–H and O–H groups in total. The van der Waals surface area contributed by atoms with Crippen molar-refractivity contribution in [1.82, 2.24) is 10.2 Å². The zero-order valence-corrected chi connectivity index (χ0v) is 17.1. The van der Waals surface area contributed by atoms with Gasteiger partial charge in [0.15, 0.2) is 0 Å². The quantitative estimate of drug-likeness (QED) is 0.714. The molecule has 2 aromatic carbocycles. The lowest BCUT2D eigenvalue weighted by molar-refractivity contribution is 0.0951. The fourth-order valence-corrected chi connectivity index (χ4v) is 3.90. The van der Waals surface area contributed by atoms with Gasteiger partial charge in [0.25, 0.3) is 5.91 Å². The minimum Gasteiger partial charge on any atom is -0.447 e. The van der Waals surface area contributed by atoms with Gasteiger partial charge in [-0.15, -0.1) is 0 Å². The molecular formula is C23H28N4O3. The van der Waals surface area contributed by atoms with Crippen LogP contribution in [0.25, 0.3) is 0 Å². The Morgan fingerprint density at radius 2 is 1.63 bits per heavy atom. The van der Waals surface area contributed by atoms with Crippen molar-refractivity contribution in [3.8, 4) is 0 Å². The number of hydrogen-bond acceptors (Lipinski definition) is 5. The second-order valence-electron chi connectivity index (χ2n) is 7.59. The van der Waals surface area contributed by atoms with Crippen LogP contribution in [0.1, 0.15) is 16.8 Å². The smallest absolute Gasteiger partial charge is 0.414 e. The Labute approximate surface area is 177 Å². The predicted molar refractivity (Wildman–Crippen MR) is 117 cm³/mol. The molecule has 2 aliphatic rings. The van der Waals surface area contributed by atoms with Gasteiger partial charge < -0.3 is 15.0 Å². The summed E-state index contributed by atoms with van der Waals surface area (Å²) in [6.07, 6.45) is 0.589. The van der Waals surface area contributed by atoms with Crippen LogP contribution < -0.4 is 15.1 Å². The number of nitrogens with zero attached hydrogens (tertiary/aromatic N) is 3. The standard InChI is InChI=1S/C23H28N4O3/c28-22(19-7-9-21(10-8-19)27-17-18-30-23(27)29)24-11-4-12-25-13-15-26(16-14-25)20-5-2-1-3-6-20/h1-3,5-10H,4,11-18H2,(H,24,28). The minimum absolute atomic E-state index is 0.0838. The Balaban J connectivity index is 1.15. The maximum absolute atomic E-state index is 12.4. The zero-order chi connectivity index (χ0) is 20.8. The minimum atomic E-state index is -0.336. The molecule has 0 aromatic heterocycles. The maximum atomic E-state index is 12.4. The summed E-state index contributed by atoms with van der Waals surface area (Å²) in [7, 11) is 0. The molecule has 7 heteroatoms. The summed E-state index contributed by atoms with van der Waals surface area (Å²) in [6, 6.07) is 17.6. The van der Waals surface area contributed by atoms with Crippen LogP contribution >= 0.6 is 0 Å². The van der Waals surface area contributed by atoms with E-state index in [1.54, 1.807) is 29.2 Å². The van der Waals surface area contributed by atoms with Crippen molar-refractivity contribution in [2.45, 2.75) is 6.42 Å². The van der Waals surface area contributed by atoms with E-state index >= 15 is 0 Å². The number of carbonyl (C=O) groups excluding carboxylic acids is 2. The number of cyclic esters (lactones) is 1. The largest absolute Gasteiger partial charge is 0.447 e. The van der Waals surface area contributed by atoms with Crippen molar-refractivity contribution in [2.75, 3.05) is 62.2 Å². The first kappa shape index (κ1) is 20.2. The van der Waals surface area contributed by atoms with Crippen LogP contribution in [0.4, 0.5) is 16.2 Å². The molecule has 0 radical (unpaired) electrons. The molecule has 2 heterocycles. The number of para-hydroxylation sites is 1. The molecule has 0 aliphatic carbocycles. The van der Waals surface area contributed by atoms with E-state index in [9.17, 15) is 9.59 Å². The number of carbonyl (C=O) groups is 2.